The molecule has 1 heterocycles. The summed E-state index contributed by atoms with van der Waals surface area (Å²) >= 11 is 0. The highest BCUT2D eigenvalue weighted by atomic mass is 19.3. The molecule has 0 radical (unpaired) electrons. The normalized spacial score (nSPS) is 10.9. The molecule has 0 bridgehead atoms. The molecule has 0 saturated carbocycles. The Morgan fingerprint density at radius 2 is 1.79 bits per heavy atom. The van der Waals surface area contributed by atoms with Crippen LogP contribution in [0.2, 0.25) is 0 Å². The molecule has 1 N–H and O–H groups in total. The molecule has 0 fully saturated rings. The van der Waals surface area contributed by atoms with E-state index in [1.165, 1.54) is 24.3 Å². The predicted molar refractivity (Wildman–Crippen MR) is 97.8 cm³/mol. The van der Waals surface area contributed by atoms with Gasteiger partial charge in [-0.3, -0.25) is 4.79 Å². The predicted octanol–water partition coefficient (Wildman–Crippen LogP) is 3.77. The Hall–Kier alpha value is -3.36. The Labute approximate surface area is 164 Å². The van der Waals surface area contributed by atoms with Gasteiger partial charge in [0.05, 0.1) is 0 Å². The lowest BCUT2D eigenvalue weighted by molar-refractivity contribution is -0.121. The van der Waals surface area contributed by atoms with E-state index in [0.717, 1.165) is 5.56 Å². The molecule has 3 aromatic rings. The van der Waals surface area contributed by atoms with E-state index in [1.54, 1.807) is 24.3 Å². The van der Waals surface area contributed by atoms with Crippen molar-refractivity contribution >= 4 is 5.91 Å². The molecule has 6 nitrogen and oxygen atoms in total. The maximum absolute atomic E-state index is 12.9. The number of rotatable bonds is 9. The van der Waals surface area contributed by atoms with Crippen LogP contribution in [0, 0.1) is 5.82 Å². The molecule has 0 aliphatic carbocycles. The second-order valence-corrected chi connectivity index (χ2v) is 6.14. The number of halogens is 3. The summed E-state index contributed by atoms with van der Waals surface area (Å²) in [6.45, 7) is -2.45. The van der Waals surface area contributed by atoms with Crippen molar-refractivity contribution in [3.05, 3.63) is 65.8 Å². The third-order valence-electron chi connectivity index (χ3n) is 4.02. The Morgan fingerprint density at radius 3 is 2.48 bits per heavy atom. The molecule has 29 heavy (non-hydrogen) atoms. The van der Waals surface area contributed by atoms with Gasteiger partial charge in [-0.25, -0.2) is 4.39 Å². The van der Waals surface area contributed by atoms with Crippen LogP contribution in [-0.2, 0) is 17.6 Å². The van der Waals surface area contributed by atoms with E-state index in [1.807, 2.05) is 0 Å². The van der Waals surface area contributed by atoms with Crippen molar-refractivity contribution in [1.29, 1.82) is 0 Å². The Bertz CT molecular complexity index is 928. The zero-order chi connectivity index (χ0) is 20.6. The van der Waals surface area contributed by atoms with Crippen LogP contribution >= 0.6 is 0 Å². The molecule has 0 atom stereocenters. The second kappa shape index (κ2) is 9.72. The van der Waals surface area contributed by atoms with Crippen LogP contribution in [0.4, 0.5) is 13.2 Å². The third kappa shape index (κ3) is 6.34. The molecular formula is C20H18F3N3O3. The highest BCUT2D eigenvalue weighted by Crippen LogP contribution is 2.17. The molecule has 1 aromatic heterocycles. The van der Waals surface area contributed by atoms with Crippen molar-refractivity contribution in [2.45, 2.75) is 25.9 Å². The maximum atomic E-state index is 12.9. The highest BCUT2D eigenvalue weighted by Gasteiger charge is 2.11. The van der Waals surface area contributed by atoms with Gasteiger partial charge in [-0.15, -0.1) is 0 Å². The van der Waals surface area contributed by atoms with Crippen LogP contribution in [0.1, 0.15) is 17.9 Å². The number of carbonyl (C=O) groups excluding carboxylic acids is 1. The number of benzene rings is 2. The van der Waals surface area contributed by atoms with Gasteiger partial charge in [-0.2, -0.15) is 13.8 Å². The minimum Gasteiger partial charge on any atom is -0.435 e. The number of aryl methyl sites for hydroxylation is 1. The number of hydrogen-bond acceptors (Lipinski definition) is 5. The topological polar surface area (TPSA) is 77.2 Å². The van der Waals surface area contributed by atoms with Gasteiger partial charge >= 0.3 is 6.61 Å². The monoisotopic (exact) mass is 405 g/mol. The summed E-state index contributed by atoms with van der Waals surface area (Å²) in [6.07, 6.45) is 1.00. The molecule has 0 spiro atoms. The molecule has 1 amide bonds. The molecular weight excluding hydrogens is 387 g/mol. The molecule has 3 rings (SSSR count). The van der Waals surface area contributed by atoms with Crippen LogP contribution < -0.4 is 10.1 Å². The van der Waals surface area contributed by atoms with E-state index < -0.39 is 6.61 Å². The first-order valence-electron chi connectivity index (χ1n) is 8.88. The quantitative estimate of drug-likeness (QED) is 0.587. The van der Waals surface area contributed by atoms with Gasteiger partial charge in [0.15, 0.2) is 0 Å². The van der Waals surface area contributed by atoms with Crippen molar-refractivity contribution in [3.8, 4) is 17.1 Å². The number of amides is 1. The molecule has 0 aliphatic rings. The summed E-state index contributed by atoms with van der Waals surface area (Å²) in [5, 5.41) is 6.59. The van der Waals surface area contributed by atoms with Crippen molar-refractivity contribution in [2.75, 3.05) is 6.54 Å². The average Bonchev–Trinajstić information content (AvgIpc) is 3.17. The first-order valence-corrected chi connectivity index (χ1v) is 8.88. The molecule has 152 valence electrons. The molecule has 0 unspecified atom stereocenters. The fourth-order valence-corrected chi connectivity index (χ4v) is 2.57. The zero-order valence-electron chi connectivity index (χ0n) is 15.3. The lowest BCUT2D eigenvalue weighted by Gasteiger charge is -2.07. The Balaban J connectivity index is 1.39. The van der Waals surface area contributed by atoms with Gasteiger partial charge in [0.2, 0.25) is 17.6 Å². The summed E-state index contributed by atoms with van der Waals surface area (Å²) in [5.74, 6) is 0.205. The smallest absolute Gasteiger partial charge is 0.387 e. The summed E-state index contributed by atoms with van der Waals surface area (Å²) in [4.78, 5) is 16.1. The summed E-state index contributed by atoms with van der Waals surface area (Å²) in [7, 11) is 0. The minimum atomic E-state index is -2.86. The molecule has 0 aliphatic heterocycles. The lowest BCUT2D eigenvalue weighted by atomic mass is 10.1. The van der Waals surface area contributed by atoms with Crippen LogP contribution in [0.15, 0.2) is 53.1 Å². The van der Waals surface area contributed by atoms with Gasteiger partial charge in [0, 0.05) is 24.9 Å². The summed E-state index contributed by atoms with van der Waals surface area (Å²) < 4.78 is 46.6. The Morgan fingerprint density at radius 1 is 1.07 bits per heavy atom. The van der Waals surface area contributed by atoms with E-state index >= 15 is 0 Å². The van der Waals surface area contributed by atoms with Crippen LogP contribution in [0.3, 0.4) is 0 Å². The van der Waals surface area contributed by atoms with Crippen LogP contribution in [0.25, 0.3) is 11.4 Å². The largest absolute Gasteiger partial charge is 0.435 e. The minimum absolute atomic E-state index is 0.0901. The average molecular weight is 405 g/mol. The maximum Gasteiger partial charge on any atom is 0.387 e. The number of alkyl halides is 2. The number of nitrogens with zero attached hydrogens (tertiary/aromatic N) is 2. The summed E-state index contributed by atoms with van der Waals surface area (Å²) in [5.41, 5.74) is 1.50. The Kier molecular flexibility index (Phi) is 6.83. The first-order chi connectivity index (χ1) is 14.0. The fraction of sp³-hybridized carbons (Fsp3) is 0.250. The zero-order valence-corrected chi connectivity index (χ0v) is 15.3. The van der Waals surface area contributed by atoms with E-state index in [4.69, 9.17) is 4.52 Å². The van der Waals surface area contributed by atoms with Gasteiger partial charge in [-0.1, -0.05) is 17.3 Å². The van der Waals surface area contributed by atoms with Crippen LogP contribution in [0.5, 0.6) is 5.75 Å². The fourth-order valence-electron chi connectivity index (χ4n) is 2.57. The SMILES string of the molecule is O=C(CCc1nc(-c2ccc(F)cc2)no1)NCCc1ccc(OC(F)F)cc1. The summed E-state index contributed by atoms with van der Waals surface area (Å²) in [6, 6.07) is 11.9. The van der Waals surface area contributed by atoms with Crippen LogP contribution in [-0.4, -0.2) is 29.2 Å². The van der Waals surface area contributed by atoms with Gasteiger partial charge in [0.1, 0.15) is 11.6 Å². The number of aromatic nitrogens is 2. The number of carbonyl (C=O) groups is 1. The highest BCUT2D eigenvalue weighted by molar-refractivity contribution is 5.76. The molecule has 9 heteroatoms. The van der Waals surface area contributed by atoms with Crippen molar-refractivity contribution < 1.29 is 27.2 Å². The van der Waals surface area contributed by atoms with E-state index in [-0.39, 0.29) is 30.3 Å². The van der Waals surface area contributed by atoms with E-state index in [2.05, 4.69) is 20.2 Å². The number of hydrogen-bond donors (Lipinski definition) is 1. The van der Waals surface area contributed by atoms with Gasteiger partial charge in [-0.05, 0) is 48.4 Å². The standard InChI is InChI=1S/C20H18F3N3O3/c21-15-5-3-14(4-6-15)19-25-18(29-26-19)10-9-17(27)24-12-11-13-1-7-16(8-2-13)28-20(22)23/h1-8,20H,9-12H2,(H,24,27). The number of ether oxygens (including phenoxy) is 1. The van der Waals surface area contributed by atoms with Crippen molar-refractivity contribution in [2.24, 2.45) is 0 Å². The van der Waals surface area contributed by atoms with E-state index in [9.17, 15) is 18.0 Å². The molecule has 2 aromatic carbocycles. The first kappa shape index (κ1) is 20.4. The number of nitrogens with one attached hydrogen (secondary N) is 1. The molecule has 0 saturated heterocycles. The van der Waals surface area contributed by atoms with Crippen molar-refractivity contribution in [1.82, 2.24) is 15.5 Å². The van der Waals surface area contributed by atoms with Crippen molar-refractivity contribution in [3.63, 3.8) is 0 Å². The van der Waals surface area contributed by atoms with E-state index in [0.29, 0.717) is 30.2 Å². The second-order valence-electron chi connectivity index (χ2n) is 6.14. The third-order valence-corrected chi connectivity index (χ3v) is 4.02. The van der Waals surface area contributed by atoms with Gasteiger partial charge < -0.3 is 14.6 Å². The van der Waals surface area contributed by atoms with Gasteiger partial charge in [0.25, 0.3) is 0 Å². The lowest BCUT2D eigenvalue weighted by Crippen LogP contribution is -2.25.